The van der Waals surface area contributed by atoms with Gasteiger partial charge in [-0.15, -0.1) is 0 Å². The number of amides is 1. The fourth-order valence-electron chi connectivity index (χ4n) is 3.95. The first kappa shape index (κ1) is 23.4. The van der Waals surface area contributed by atoms with E-state index >= 15 is 0 Å². The monoisotopic (exact) mass is 489 g/mol. The van der Waals surface area contributed by atoms with E-state index in [1.54, 1.807) is 37.4 Å². The fraction of sp³-hybridized carbons (Fsp3) is 0.391. The van der Waals surface area contributed by atoms with Crippen LogP contribution in [0.4, 0.5) is 5.69 Å². The van der Waals surface area contributed by atoms with Gasteiger partial charge in [0.25, 0.3) is 15.2 Å². The maximum absolute atomic E-state index is 12.8. The lowest BCUT2D eigenvalue weighted by molar-refractivity contribution is -0.132. The minimum atomic E-state index is -3.80. The molecular weight excluding hydrogens is 462 g/mol. The number of benzene rings is 2. The second-order valence-corrected chi connectivity index (χ2v) is 10.5. The number of hydrogen-bond acceptors (Lipinski definition) is 7. The quantitative estimate of drug-likeness (QED) is 0.464. The molecule has 1 saturated heterocycles. The van der Waals surface area contributed by atoms with Crippen molar-refractivity contribution in [1.29, 1.82) is 0 Å². The molecule has 1 amide bonds. The number of nitrogens with one attached hydrogen (secondary N) is 1. The molecule has 1 unspecified atom stereocenters. The number of carbonyl (C=O) groups excluding carboxylic acids is 1. The summed E-state index contributed by atoms with van der Waals surface area (Å²) in [5, 5.41) is 0.348. The summed E-state index contributed by atoms with van der Waals surface area (Å²) in [4.78, 5) is 19.1. The van der Waals surface area contributed by atoms with Crippen molar-refractivity contribution in [2.75, 3.05) is 24.1 Å². The van der Waals surface area contributed by atoms with Crippen molar-refractivity contribution in [3.8, 4) is 5.75 Å². The summed E-state index contributed by atoms with van der Waals surface area (Å²) in [6.45, 7) is 2.91. The molecule has 33 heavy (non-hydrogen) atoms. The average Bonchev–Trinajstić information content (AvgIpc) is 3.25. The Balaban J connectivity index is 1.44. The van der Waals surface area contributed by atoms with Crippen LogP contribution in [0.2, 0.25) is 0 Å². The minimum absolute atomic E-state index is 0.0749. The molecule has 0 bridgehead atoms. The Morgan fingerprint density at radius 1 is 1.24 bits per heavy atom. The summed E-state index contributed by atoms with van der Waals surface area (Å²) in [6, 6.07) is 11.4. The summed E-state index contributed by atoms with van der Waals surface area (Å²) in [5.74, 6) is 0.963. The molecule has 1 atom stereocenters. The van der Waals surface area contributed by atoms with E-state index < -0.39 is 10.0 Å². The van der Waals surface area contributed by atoms with Gasteiger partial charge in [-0.2, -0.15) is 0 Å². The van der Waals surface area contributed by atoms with E-state index in [0.717, 1.165) is 25.8 Å². The van der Waals surface area contributed by atoms with E-state index in [9.17, 15) is 13.2 Å². The van der Waals surface area contributed by atoms with Crippen LogP contribution in [0, 0.1) is 0 Å². The molecule has 2 heterocycles. The van der Waals surface area contributed by atoms with Gasteiger partial charge in [-0.1, -0.05) is 18.7 Å². The predicted molar refractivity (Wildman–Crippen MR) is 128 cm³/mol. The summed E-state index contributed by atoms with van der Waals surface area (Å²) in [5.41, 5.74) is 1.32. The van der Waals surface area contributed by atoms with Crippen molar-refractivity contribution in [2.45, 2.75) is 48.8 Å². The maximum atomic E-state index is 12.8. The molecular formula is C23H27N3O5S2. The number of nitrogens with zero attached hydrogens (tertiary/aromatic N) is 2. The molecule has 0 aliphatic carbocycles. The van der Waals surface area contributed by atoms with E-state index in [1.807, 2.05) is 4.90 Å². The highest BCUT2D eigenvalue weighted by molar-refractivity contribution is 7.99. The van der Waals surface area contributed by atoms with Gasteiger partial charge in [0.2, 0.25) is 5.91 Å². The zero-order valence-corrected chi connectivity index (χ0v) is 20.2. The van der Waals surface area contributed by atoms with Gasteiger partial charge in [-0.3, -0.25) is 9.52 Å². The molecule has 0 saturated carbocycles. The van der Waals surface area contributed by atoms with E-state index in [2.05, 4.69) is 16.6 Å². The van der Waals surface area contributed by atoms with Gasteiger partial charge in [-0.05, 0) is 68.1 Å². The highest BCUT2D eigenvalue weighted by Crippen LogP contribution is 2.28. The Morgan fingerprint density at radius 2 is 2.03 bits per heavy atom. The number of rotatable bonds is 8. The zero-order valence-electron chi connectivity index (χ0n) is 18.6. The standard InChI is InChI=1S/C23H27N3O5S2/c1-3-17-6-4-5-13-26(17)22(27)15-32-23-24-20-14-19(11-12-21(20)31-23)33(28,29)25-16-7-9-18(30-2)10-8-16/h7-12,14,17,25H,3-6,13,15H2,1-2H3. The number of oxazole rings is 1. The number of piperidine rings is 1. The molecule has 1 N–H and O–H groups in total. The molecule has 4 rings (SSSR count). The van der Waals surface area contributed by atoms with Crippen molar-refractivity contribution < 1.29 is 22.4 Å². The van der Waals surface area contributed by atoms with Crippen molar-refractivity contribution in [2.24, 2.45) is 0 Å². The van der Waals surface area contributed by atoms with Gasteiger partial charge in [0.15, 0.2) is 5.58 Å². The van der Waals surface area contributed by atoms with Gasteiger partial charge in [0.05, 0.1) is 17.8 Å². The fourth-order valence-corrected chi connectivity index (χ4v) is 5.75. The van der Waals surface area contributed by atoms with Gasteiger partial charge in [-0.25, -0.2) is 13.4 Å². The van der Waals surface area contributed by atoms with E-state index in [0.29, 0.717) is 33.8 Å². The second kappa shape index (κ2) is 10.0. The Kier molecular flexibility index (Phi) is 7.14. The lowest BCUT2D eigenvalue weighted by Crippen LogP contribution is -2.44. The molecule has 0 radical (unpaired) electrons. The third-order valence-electron chi connectivity index (χ3n) is 5.73. The van der Waals surface area contributed by atoms with Crippen LogP contribution in [0.1, 0.15) is 32.6 Å². The molecule has 1 aromatic heterocycles. The number of anilines is 1. The number of thioether (sulfide) groups is 1. The third kappa shape index (κ3) is 5.44. The molecule has 0 spiro atoms. The zero-order chi connectivity index (χ0) is 23.4. The Labute approximate surface area is 197 Å². The molecule has 10 heteroatoms. The first-order valence-electron chi connectivity index (χ1n) is 10.9. The highest BCUT2D eigenvalue weighted by Gasteiger charge is 2.25. The van der Waals surface area contributed by atoms with Crippen LogP contribution in [0.25, 0.3) is 11.1 Å². The number of methoxy groups -OCH3 is 1. The van der Waals surface area contributed by atoms with Crippen LogP contribution in [0.5, 0.6) is 5.75 Å². The summed E-state index contributed by atoms with van der Waals surface area (Å²) in [6.07, 6.45) is 4.22. The number of hydrogen-bond donors (Lipinski definition) is 1. The maximum Gasteiger partial charge on any atom is 0.261 e. The highest BCUT2D eigenvalue weighted by atomic mass is 32.2. The van der Waals surface area contributed by atoms with Crippen LogP contribution in [-0.2, 0) is 14.8 Å². The van der Waals surface area contributed by atoms with Crippen LogP contribution in [-0.4, -0.2) is 49.7 Å². The first-order chi connectivity index (χ1) is 15.9. The Bertz CT molecular complexity index is 1220. The van der Waals surface area contributed by atoms with Crippen LogP contribution >= 0.6 is 11.8 Å². The molecule has 1 aliphatic heterocycles. The summed E-state index contributed by atoms with van der Waals surface area (Å²) >= 11 is 1.23. The van der Waals surface area contributed by atoms with Crippen LogP contribution < -0.4 is 9.46 Å². The van der Waals surface area contributed by atoms with Crippen molar-refractivity contribution in [1.82, 2.24) is 9.88 Å². The minimum Gasteiger partial charge on any atom is -0.497 e. The summed E-state index contributed by atoms with van der Waals surface area (Å²) in [7, 11) is -2.26. The SMILES string of the molecule is CCC1CCCCN1C(=O)CSc1nc2cc(S(=O)(=O)Nc3ccc(OC)cc3)ccc2o1. The largest absolute Gasteiger partial charge is 0.497 e. The normalized spacial score (nSPS) is 16.7. The molecule has 8 nitrogen and oxygen atoms in total. The Hall–Kier alpha value is -2.72. The van der Waals surface area contributed by atoms with E-state index in [4.69, 9.17) is 9.15 Å². The van der Waals surface area contributed by atoms with Gasteiger partial charge in [0, 0.05) is 18.3 Å². The Morgan fingerprint density at radius 3 is 2.76 bits per heavy atom. The number of sulfonamides is 1. The molecule has 3 aromatic rings. The predicted octanol–water partition coefficient (Wildman–Crippen LogP) is 4.52. The number of ether oxygens (including phenoxy) is 1. The van der Waals surface area contributed by atoms with Gasteiger partial charge < -0.3 is 14.1 Å². The van der Waals surface area contributed by atoms with E-state index in [-0.39, 0.29) is 16.6 Å². The average molecular weight is 490 g/mol. The van der Waals surface area contributed by atoms with E-state index in [1.165, 1.54) is 30.3 Å². The summed E-state index contributed by atoms with van der Waals surface area (Å²) < 4.78 is 39.0. The molecule has 176 valence electrons. The molecule has 1 aliphatic rings. The number of likely N-dealkylation sites (tertiary alicyclic amines) is 1. The lowest BCUT2D eigenvalue weighted by atomic mass is 10.0. The molecule has 2 aromatic carbocycles. The van der Waals surface area contributed by atoms with Gasteiger partial charge in [0.1, 0.15) is 11.3 Å². The van der Waals surface area contributed by atoms with Crippen molar-refractivity contribution >= 4 is 44.5 Å². The topological polar surface area (TPSA) is 102 Å². The van der Waals surface area contributed by atoms with Crippen molar-refractivity contribution in [3.63, 3.8) is 0 Å². The second-order valence-electron chi connectivity index (χ2n) is 7.88. The van der Waals surface area contributed by atoms with Gasteiger partial charge >= 0.3 is 0 Å². The van der Waals surface area contributed by atoms with Crippen molar-refractivity contribution in [3.05, 3.63) is 42.5 Å². The van der Waals surface area contributed by atoms with Crippen LogP contribution in [0.15, 0.2) is 57.0 Å². The lowest BCUT2D eigenvalue weighted by Gasteiger charge is -2.35. The first-order valence-corrected chi connectivity index (χ1v) is 13.4. The number of fused-ring (bicyclic) bond motifs is 1. The smallest absolute Gasteiger partial charge is 0.261 e. The molecule has 1 fully saturated rings. The third-order valence-corrected chi connectivity index (χ3v) is 7.92. The van der Waals surface area contributed by atoms with Crippen LogP contribution in [0.3, 0.4) is 0 Å². The number of aromatic nitrogens is 1. The number of carbonyl (C=O) groups is 1.